The van der Waals surface area contributed by atoms with Gasteiger partial charge in [0.05, 0.1) is 18.3 Å². The number of nitrogens with zero attached hydrogens (tertiary/aromatic N) is 2. The zero-order chi connectivity index (χ0) is 20.1. The molecular weight excluding hydrogens is 364 g/mol. The molecular formula is C21H21F2N3O2. The Labute approximate surface area is 162 Å². The number of halogens is 2. The third-order valence-electron chi connectivity index (χ3n) is 4.58. The zero-order valence-corrected chi connectivity index (χ0v) is 15.5. The Morgan fingerprint density at radius 2 is 1.86 bits per heavy atom. The van der Waals surface area contributed by atoms with Gasteiger partial charge in [0.25, 0.3) is 0 Å². The monoisotopic (exact) mass is 385 g/mol. The first-order chi connectivity index (χ1) is 13.4. The van der Waals surface area contributed by atoms with E-state index in [4.69, 9.17) is 0 Å². The van der Waals surface area contributed by atoms with Crippen LogP contribution in [0, 0.1) is 11.6 Å². The van der Waals surface area contributed by atoms with Crippen molar-refractivity contribution in [2.45, 2.75) is 32.2 Å². The fraction of sp³-hybridized carbons (Fsp3) is 0.286. The maximum atomic E-state index is 13.3. The van der Waals surface area contributed by atoms with E-state index >= 15 is 0 Å². The van der Waals surface area contributed by atoms with Gasteiger partial charge >= 0.3 is 0 Å². The van der Waals surface area contributed by atoms with Crippen LogP contribution < -0.4 is 5.32 Å². The predicted octanol–water partition coefficient (Wildman–Crippen LogP) is 3.56. The highest BCUT2D eigenvalue weighted by atomic mass is 19.2. The third-order valence-corrected chi connectivity index (χ3v) is 4.58. The molecule has 1 N–H and O–H groups in total. The number of benzene rings is 2. The number of nitrogens with one attached hydrogen (secondary N) is 1. The molecule has 146 valence electrons. The predicted molar refractivity (Wildman–Crippen MR) is 101 cm³/mol. The quantitative estimate of drug-likeness (QED) is 0.827. The lowest BCUT2D eigenvalue weighted by atomic mass is 10.1. The normalized spacial score (nSPS) is 14.5. The molecule has 0 saturated heterocycles. The van der Waals surface area contributed by atoms with Crippen LogP contribution in [0.1, 0.15) is 43.4 Å². The molecule has 0 radical (unpaired) electrons. The summed E-state index contributed by atoms with van der Waals surface area (Å²) in [5, 5.41) is 8.44. The molecule has 2 aromatic rings. The van der Waals surface area contributed by atoms with Gasteiger partial charge in [0.15, 0.2) is 11.6 Å². The van der Waals surface area contributed by atoms with E-state index < -0.39 is 17.7 Å². The second kappa shape index (κ2) is 8.73. The maximum Gasteiger partial charge on any atom is 0.243 e. The summed E-state index contributed by atoms with van der Waals surface area (Å²) in [7, 11) is 0. The molecule has 5 nitrogen and oxygen atoms in total. The van der Waals surface area contributed by atoms with E-state index in [1.54, 1.807) is 6.92 Å². The number of rotatable bonds is 6. The van der Waals surface area contributed by atoms with Gasteiger partial charge in [0, 0.05) is 19.3 Å². The van der Waals surface area contributed by atoms with Crippen molar-refractivity contribution in [3.05, 3.63) is 71.3 Å². The Kier molecular flexibility index (Phi) is 6.13. The summed E-state index contributed by atoms with van der Waals surface area (Å²) in [6, 6.07) is 12.6. The molecule has 1 unspecified atom stereocenters. The standard InChI is InChI=1S/C21H21F2N3O2/c1-14(16-7-8-17(22)18(23)13-16)24-20(27)9-10-21(28)26-12-11-19(25-26)15-5-3-2-4-6-15/h2-8,13-14H,9-12H2,1H3,(H,24,27). The van der Waals surface area contributed by atoms with Gasteiger partial charge in [-0.3, -0.25) is 9.59 Å². The Balaban J connectivity index is 1.50. The number of carbonyl (C=O) groups is 2. The van der Waals surface area contributed by atoms with Crippen molar-refractivity contribution in [2.75, 3.05) is 6.54 Å². The molecule has 7 heteroatoms. The van der Waals surface area contributed by atoms with Crippen LogP contribution in [0.25, 0.3) is 0 Å². The fourth-order valence-corrected chi connectivity index (χ4v) is 3.00. The summed E-state index contributed by atoms with van der Waals surface area (Å²) >= 11 is 0. The first-order valence-electron chi connectivity index (χ1n) is 9.11. The van der Waals surface area contributed by atoms with Crippen LogP contribution in [0.2, 0.25) is 0 Å². The molecule has 0 aliphatic carbocycles. The number of hydrogen-bond acceptors (Lipinski definition) is 3. The summed E-state index contributed by atoms with van der Waals surface area (Å²) in [6.45, 7) is 2.17. The molecule has 1 aliphatic rings. The Morgan fingerprint density at radius 1 is 1.11 bits per heavy atom. The molecule has 0 bridgehead atoms. The van der Waals surface area contributed by atoms with E-state index in [9.17, 15) is 18.4 Å². The SMILES string of the molecule is CC(NC(=O)CCC(=O)N1CCC(c2ccccc2)=N1)c1ccc(F)c(F)c1. The van der Waals surface area contributed by atoms with Gasteiger partial charge < -0.3 is 5.32 Å². The average Bonchev–Trinajstić information content (AvgIpc) is 3.19. The van der Waals surface area contributed by atoms with Gasteiger partial charge in [0.2, 0.25) is 11.8 Å². The van der Waals surface area contributed by atoms with Gasteiger partial charge in [-0.1, -0.05) is 36.4 Å². The summed E-state index contributed by atoms with van der Waals surface area (Å²) in [5.74, 6) is -2.46. The van der Waals surface area contributed by atoms with Gasteiger partial charge in [0.1, 0.15) is 0 Å². The molecule has 2 aromatic carbocycles. The van der Waals surface area contributed by atoms with Gasteiger partial charge in [-0.15, -0.1) is 0 Å². The highest BCUT2D eigenvalue weighted by Crippen LogP contribution is 2.17. The third kappa shape index (κ3) is 4.79. The Bertz CT molecular complexity index is 900. The largest absolute Gasteiger partial charge is 0.350 e. The lowest BCUT2D eigenvalue weighted by molar-refractivity contribution is -0.133. The molecule has 1 aliphatic heterocycles. The minimum atomic E-state index is -0.963. The summed E-state index contributed by atoms with van der Waals surface area (Å²) in [5.41, 5.74) is 2.29. The van der Waals surface area contributed by atoms with E-state index in [1.807, 2.05) is 30.3 Å². The number of hydrogen-bond donors (Lipinski definition) is 1. The summed E-state index contributed by atoms with van der Waals surface area (Å²) in [4.78, 5) is 24.4. The minimum Gasteiger partial charge on any atom is -0.350 e. The van der Waals surface area contributed by atoms with Crippen LogP contribution in [-0.4, -0.2) is 29.1 Å². The summed E-state index contributed by atoms with van der Waals surface area (Å²) in [6.07, 6.45) is 0.705. The number of hydrazone groups is 1. The first-order valence-corrected chi connectivity index (χ1v) is 9.11. The van der Waals surface area contributed by atoms with Gasteiger partial charge in [-0.2, -0.15) is 5.10 Å². The van der Waals surface area contributed by atoms with Crippen LogP contribution in [-0.2, 0) is 9.59 Å². The van der Waals surface area contributed by atoms with Crippen molar-refractivity contribution in [1.29, 1.82) is 0 Å². The number of carbonyl (C=O) groups excluding carboxylic acids is 2. The molecule has 0 fully saturated rings. The molecule has 0 saturated carbocycles. The molecule has 0 spiro atoms. The van der Waals surface area contributed by atoms with Crippen LogP contribution in [0.3, 0.4) is 0 Å². The fourth-order valence-electron chi connectivity index (χ4n) is 3.00. The highest BCUT2D eigenvalue weighted by molar-refractivity contribution is 6.02. The second-order valence-electron chi connectivity index (χ2n) is 6.64. The molecule has 1 heterocycles. The smallest absolute Gasteiger partial charge is 0.243 e. The van der Waals surface area contributed by atoms with Crippen molar-refractivity contribution in [3.63, 3.8) is 0 Å². The van der Waals surface area contributed by atoms with Crippen molar-refractivity contribution in [2.24, 2.45) is 5.10 Å². The van der Waals surface area contributed by atoms with Crippen LogP contribution in [0.4, 0.5) is 8.78 Å². The molecule has 3 rings (SSSR count). The van der Waals surface area contributed by atoms with Gasteiger partial charge in [-0.05, 0) is 30.2 Å². The van der Waals surface area contributed by atoms with Crippen LogP contribution in [0.15, 0.2) is 53.6 Å². The Morgan fingerprint density at radius 3 is 2.57 bits per heavy atom. The average molecular weight is 385 g/mol. The Hall–Kier alpha value is -3.09. The highest BCUT2D eigenvalue weighted by Gasteiger charge is 2.22. The zero-order valence-electron chi connectivity index (χ0n) is 15.5. The molecule has 1 atom stereocenters. The van der Waals surface area contributed by atoms with E-state index in [2.05, 4.69) is 10.4 Å². The second-order valence-corrected chi connectivity index (χ2v) is 6.64. The van der Waals surface area contributed by atoms with Crippen LogP contribution in [0.5, 0.6) is 0 Å². The maximum absolute atomic E-state index is 13.3. The lowest BCUT2D eigenvalue weighted by Gasteiger charge is -2.15. The van der Waals surface area contributed by atoms with E-state index in [1.165, 1.54) is 11.1 Å². The summed E-state index contributed by atoms with van der Waals surface area (Å²) < 4.78 is 26.3. The van der Waals surface area contributed by atoms with E-state index in [-0.39, 0.29) is 24.7 Å². The van der Waals surface area contributed by atoms with Crippen molar-refractivity contribution in [3.8, 4) is 0 Å². The molecule has 0 aromatic heterocycles. The van der Waals surface area contributed by atoms with Crippen molar-refractivity contribution < 1.29 is 18.4 Å². The van der Waals surface area contributed by atoms with Crippen molar-refractivity contribution in [1.82, 2.24) is 10.3 Å². The number of amides is 2. The molecule has 28 heavy (non-hydrogen) atoms. The van der Waals surface area contributed by atoms with Gasteiger partial charge in [-0.25, -0.2) is 13.8 Å². The van der Waals surface area contributed by atoms with Crippen molar-refractivity contribution >= 4 is 17.5 Å². The molecule has 2 amide bonds. The minimum absolute atomic E-state index is 0.000456. The first kappa shape index (κ1) is 19.7. The topological polar surface area (TPSA) is 61.8 Å². The van der Waals surface area contributed by atoms with Crippen LogP contribution >= 0.6 is 0 Å². The van der Waals surface area contributed by atoms with E-state index in [0.29, 0.717) is 18.5 Å². The lowest BCUT2D eigenvalue weighted by Crippen LogP contribution is -2.29. The van der Waals surface area contributed by atoms with E-state index in [0.717, 1.165) is 23.4 Å².